The Morgan fingerprint density at radius 3 is 1.91 bits per heavy atom. The minimum absolute atomic E-state index is 0.911. The zero-order valence-corrected chi connectivity index (χ0v) is 14.1. The van der Waals surface area contributed by atoms with E-state index < -0.39 is 0 Å². The number of aryl methyl sites for hydroxylation is 2. The molecular formula is C21H22NO+. The lowest BCUT2D eigenvalue weighted by molar-refractivity contribution is 0.533. The molecule has 0 fully saturated rings. The molecule has 0 aliphatic carbocycles. The third kappa shape index (κ3) is 3.26. The Morgan fingerprint density at radius 2 is 1.30 bits per heavy atom. The molecule has 0 amide bonds. The summed E-state index contributed by atoms with van der Waals surface area (Å²) in [6.07, 6.45) is 0. The quantitative estimate of drug-likeness (QED) is 0.587. The molecule has 2 heteroatoms. The highest BCUT2D eigenvalue weighted by molar-refractivity contribution is 5.80. The van der Waals surface area contributed by atoms with Gasteiger partial charge in [-0.05, 0) is 42.8 Å². The van der Waals surface area contributed by atoms with Crippen LogP contribution in [0.4, 0.5) is 5.69 Å². The van der Waals surface area contributed by atoms with Gasteiger partial charge in [-0.3, -0.25) is 0 Å². The SMILES string of the molecule is Cc1ccc(-c2[o+]c(C)ccc2-c2ccc(N(C)C)cc2)cc1. The molecule has 0 aliphatic heterocycles. The average Bonchev–Trinajstić information content (AvgIpc) is 2.55. The van der Waals surface area contributed by atoms with Crippen molar-refractivity contribution < 1.29 is 4.42 Å². The maximum Gasteiger partial charge on any atom is 0.367 e. The molecule has 0 unspecified atom stereocenters. The molecule has 3 rings (SSSR count). The predicted molar refractivity (Wildman–Crippen MR) is 97.8 cm³/mol. The van der Waals surface area contributed by atoms with E-state index in [0.29, 0.717) is 0 Å². The predicted octanol–water partition coefficient (Wildman–Crippen LogP) is 5.58. The van der Waals surface area contributed by atoms with Crippen molar-refractivity contribution in [3.8, 4) is 22.5 Å². The van der Waals surface area contributed by atoms with E-state index in [1.165, 1.54) is 11.3 Å². The molecule has 23 heavy (non-hydrogen) atoms. The van der Waals surface area contributed by atoms with Crippen LogP contribution < -0.4 is 4.90 Å². The summed E-state index contributed by atoms with van der Waals surface area (Å²) in [7, 11) is 4.10. The van der Waals surface area contributed by atoms with Crippen molar-refractivity contribution >= 4 is 5.69 Å². The van der Waals surface area contributed by atoms with Crippen LogP contribution in [0.5, 0.6) is 0 Å². The molecule has 0 atom stereocenters. The summed E-state index contributed by atoms with van der Waals surface area (Å²) in [5.74, 6) is 1.83. The number of rotatable bonds is 3. The second-order valence-corrected chi connectivity index (χ2v) is 6.10. The van der Waals surface area contributed by atoms with E-state index in [2.05, 4.69) is 66.4 Å². The fourth-order valence-electron chi connectivity index (χ4n) is 2.61. The van der Waals surface area contributed by atoms with Crippen LogP contribution in [0.2, 0.25) is 0 Å². The van der Waals surface area contributed by atoms with E-state index in [1.807, 2.05) is 27.1 Å². The molecule has 3 aromatic rings. The van der Waals surface area contributed by atoms with Crippen molar-refractivity contribution in [1.29, 1.82) is 0 Å². The lowest BCUT2D eigenvalue weighted by Gasteiger charge is -2.12. The van der Waals surface area contributed by atoms with E-state index in [4.69, 9.17) is 4.42 Å². The zero-order chi connectivity index (χ0) is 16.4. The van der Waals surface area contributed by atoms with Crippen LogP contribution in [-0.4, -0.2) is 14.1 Å². The molecule has 116 valence electrons. The zero-order valence-electron chi connectivity index (χ0n) is 14.1. The molecule has 0 saturated heterocycles. The Hall–Kier alpha value is -2.61. The number of hydrogen-bond donors (Lipinski definition) is 0. The first-order valence-corrected chi connectivity index (χ1v) is 7.83. The maximum atomic E-state index is 6.06. The molecule has 0 saturated carbocycles. The van der Waals surface area contributed by atoms with Crippen LogP contribution in [0.25, 0.3) is 22.5 Å². The monoisotopic (exact) mass is 304 g/mol. The van der Waals surface area contributed by atoms with Gasteiger partial charge in [0, 0.05) is 25.8 Å². The van der Waals surface area contributed by atoms with E-state index in [-0.39, 0.29) is 0 Å². The van der Waals surface area contributed by atoms with Gasteiger partial charge < -0.3 is 4.90 Å². The average molecular weight is 304 g/mol. The van der Waals surface area contributed by atoms with Crippen LogP contribution in [-0.2, 0) is 0 Å². The first kappa shape index (κ1) is 15.3. The fraction of sp³-hybridized carbons (Fsp3) is 0.190. The Kier molecular flexibility index (Phi) is 4.16. The lowest BCUT2D eigenvalue weighted by Crippen LogP contribution is -2.07. The minimum atomic E-state index is 0.911. The maximum absolute atomic E-state index is 6.06. The summed E-state index contributed by atoms with van der Waals surface area (Å²) in [4.78, 5) is 2.10. The number of nitrogens with zero attached hydrogens (tertiary/aromatic N) is 1. The molecule has 1 aromatic heterocycles. The number of hydrogen-bond acceptors (Lipinski definition) is 1. The smallest absolute Gasteiger partial charge is 0.367 e. The molecule has 0 radical (unpaired) electrons. The van der Waals surface area contributed by atoms with E-state index in [9.17, 15) is 0 Å². The summed E-state index contributed by atoms with van der Waals surface area (Å²) < 4.78 is 6.06. The van der Waals surface area contributed by atoms with Gasteiger partial charge in [0.05, 0.1) is 18.1 Å². The number of benzene rings is 2. The van der Waals surface area contributed by atoms with Crippen molar-refractivity contribution in [1.82, 2.24) is 0 Å². The van der Waals surface area contributed by atoms with E-state index in [1.54, 1.807) is 0 Å². The second-order valence-electron chi connectivity index (χ2n) is 6.10. The van der Waals surface area contributed by atoms with E-state index in [0.717, 1.165) is 28.2 Å². The Labute approximate surface area is 138 Å². The highest BCUT2D eigenvalue weighted by Crippen LogP contribution is 2.33. The van der Waals surface area contributed by atoms with Gasteiger partial charge >= 0.3 is 11.5 Å². The standard InChI is InChI=1S/C21H22NO/c1-15-5-8-18(9-6-15)21-20(14-7-16(2)23-21)17-10-12-19(13-11-17)22(3)4/h5-14H,1-4H3/q+1. The summed E-state index contributed by atoms with van der Waals surface area (Å²) in [6.45, 7) is 4.08. The molecule has 0 spiro atoms. The van der Waals surface area contributed by atoms with Crippen molar-refractivity contribution in [3.63, 3.8) is 0 Å². The molecule has 0 N–H and O–H groups in total. The summed E-state index contributed by atoms with van der Waals surface area (Å²) >= 11 is 0. The van der Waals surface area contributed by atoms with Gasteiger partial charge in [0.15, 0.2) is 0 Å². The molecule has 2 nitrogen and oxygen atoms in total. The molecule has 1 heterocycles. The van der Waals surface area contributed by atoms with Gasteiger partial charge in [0.2, 0.25) is 0 Å². The Bertz CT molecular complexity index is 802. The van der Waals surface area contributed by atoms with Gasteiger partial charge in [-0.25, -0.2) is 4.42 Å². The highest BCUT2D eigenvalue weighted by Gasteiger charge is 2.20. The summed E-state index contributed by atoms with van der Waals surface area (Å²) in [5.41, 5.74) is 5.82. The number of anilines is 1. The van der Waals surface area contributed by atoms with E-state index >= 15 is 0 Å². The molecule has 0 aliphatic rings. The lowest BCUT2D eigenvalue weighted by atomic mass is 9.99. The summed E-state index contributed by atoms with van der Waals surface area (Å²) in [6, 6.07) is 21.2. The third-order valence-electron chi connectivity index (χ3n) is 4.00. The highest BCUT2D eigenvalue weighted by atomic mass is 16.3. The van der Waals surface area contributed by atoms with Gasteiger partial charge in [-0.1, -0.05) is 29.8 Å². The van der Waals surface area contributed by atoms with Crippen LogP contribution in [0, 0.1) is 13.8 Å². The fourth-order valence-corrected chi connectivity index (χ4v) is 2.61. The largest absolute Gasteiger partial charge is 0.378 e. The topological polar surface area (TPSA) is 14.5 Å². The Balaban J connectivity index is 2.10. The molecular weight excluding hydrogens is 282 g/mol. The van der Waals surface area contributed by atoms with Crippen molar-refractivity contribution in [2.24, 2.45) is 0 Å². The van der Waals surface area contributed by atoms with Crippen LogP contribution in [0.1, 0.15) is 11.3 Å². The van der Waals surface area contributed by atoms with Crippen LogP contribution in [0.3, 0.4) is 0 Å². The second kappa shape index (κ2) is 6.25. The van der Waals surface area contributed by atoms with Gasteiger partial charge in [-0.2, -0.15) is 0 Å². The third-order valence-corrected chi connectivity index (χ3v) is 4.00. The molecule has 2 aromatic carbocycles. The minimum Gasteiger partial charge on any atom is -0.378 e. The van der Waals surface area contributed by atoms with Crippen LogP contribution in [0.15, 0.2) is 65.1 Å². The van der Waals surface area contributed by atoms with Gasteiger partial charge in [0.1, 0.15) is 0 Å². The molecule has 0 bridgehead atoms. The first-order chi connectivity index (χ1) is 11.0. The van der Waals surface area contributed by atoms with Crippen LogP contribution >= 0.6 is 0 Å². The van der Waals surface area contributed by atoms with Gasteiger partial charge in [-0.15, -0.1) is 0 Å². The summed E-state index contributed by atoms with van der Waals surface area (Å²) in [5, 5.41) is 0. The van der Waals surface area contributed by atoms with Crippen molar-refractivity contribution in [2.45, 2.75) is 13.8 Å². The normalized spacial score (nSPS) is 10.6. The first-order valence-electron chi connectivity index (χ1n) is 7.83. The van der Waals surface area contributed by atoms with Crippen molar-refractivity contribution in [2.75, 3.05) is 19.0 Å². The van der Waals surface area contributed by atoms with Crippen molar-refractivity contribution in [3.05, 3.63) is 72.0 Å². The van der Waals surface area contributed by atoms with Gasteiger partial charge in [0.25, 0.3) is 0 Å². The Morgan fingerprint density at radius 1 is 0.696 bits per heavy atom.